The number of aryl methyl sites for hydroxylation is 1. The Balaban J connectivity index is 1.25. The van der Waals surface area contributed by atoms with E-state index in [2.05, 4.69) is 39.8 Å². The number of hydrogen-bond acceptors (Lipinski definition) is 6. The molecule has 2 aromatic heterocycles. The summed E-state index contributed by atoms with van der Waals surface area (Å²) in [7, 11) is 1.71. The van der Waals surface area contributed by atoms with E-state index in [1.807, 2.05) is 24.4 Å². The summed E-state index contributed by atoms with van der Waals surface area (Å²) in [5.41, 5.74) is 1.11. The molecule has 168 valence electrons. The molecule has 5 rings (SSSR count). The molecular formula is C25H30N4O2S. The molecule has 0 spiro atoms. The summed E-state index contributed by atoms with van der Waals surface area (Å²) in [5.74, 6) is 2.26. The highest BCUT2D eigenvalue weighted by molar-refractivity contribution is 7.19. The first kappa shape index (κ1) is 21.1. The van der Waals surface area contributed by atoms with Crippen LogP contribution in [-0.4, -0.2) is 62.2 Å². The fourth-order valence-corrected chi connectivity index (χ4v) is 5.93. The lowest BCUT2D eigenvalue weighted by atomic mass is 9.96. The normalized spacial score (nSPS) is 19.4. The highest BCUT2D eigenvalue weighted by atomic mass is 32.1. The third-order valence-corrected chi connectivity index (χ3v) is 7.65. The maximum Gasteiger partial charge on any atom is 0.227 e. The zero-order valence-electron chi connectivity index (χ0n) is 18.8. The molecule has 7 heteroatoms. The number of ether oxygens (including phenoxy) is 1. The number of methoxy groups -OCH3 is 1. The van der Waals surface area contributed by atoms with E-state index >= 15 is 0 Å². The summed E-state index contributed by atoms with van der Waals surface area (Å²) in [5, 5.41) is 1.22. The fraction of sp³-hybridized carbons (Fsp3) is 0.440. The summed E-state index contributed by atoms with van der Waals surface area (Å²) in [6.07, 6.45) is 3.88. The molecule has 0 aliphatic carbocycles. The second kappa shape index (κ2) is 8.98. The number of amides is 1. The van der Waals surface area contributed by atoms with Crippen LogP contribution in [0.3, 0.4) is 0 Å². The van der Waals surface area contributed by atoms with Crippen molar-refractivity contribution in [2.75, 3.05) is 56.2 Å². The monoisotopic (exact) mass is 450 g/mol. The number of aromatic nitrogens is 1. The minimum Gasteiger partial charge on any atom is -0.495 e. The second-order valence-electron chi connectivity index (χ2n) is 8.67. The van der Waals surface area contributed by atoms with E-state index in [9.17, 15) is 4.79 Å². The number of rotatable bonds is 4. The number of piperidine rings is 1. The number of piperazine rings is 1. The zero-order valence-corrected chi connectivity index (χ0v) is 19.6. The third kappa shape index (κ3) is 4.01. The number of fused-ring (bicyclic) bond motifs is 1. The summed E-state index contributed by atoms with van der Waals surface area (Å²) < 4.78 is 6.79. The van der Waals surface area contributed by atoms with Crippen LogP contribution in [0.4, 0.5) is 11.5 Å². The van der Waals surface area contributed by atoms with Crippen LogP contribution in [0.25, 0.3) is 10.1 Å². The number of para-hydroxylation sites is 2. The lowest BCUT2D eigenvalue weighted by Gasteiger charge is -2.40. The molecule has 6 nitrogen and oxygen atoms in total. The minimum absolute atomic E-state index is 0.0401. The first-order valence-electron chi connectivity index (χ1n) is 11.4. The molecule has 0 bridgehead atoms. The van der Waals surface area contributed by atoms with Gasteiger partial charge in [0.15, 0.2) is 0 Å². The molecule has 0 radical (unpaired) electrons. The smallest absolute Gasteiger partial charge is 0.227 e. The van der Waals surface area contributed by atoms with E-state index in [4.69, 9.17) is 9.72 Å². The van der Waals surface area contributed by atoms with Crippen LogP contribution in [0.15, 0.2) is 42.6 Å². The van der Waals surface area contributed by atoms with E-state index in [-0.39, 0.29) is 5.92 Å². The number of nitrogens with zero attached hydrogens (tertiary/aromatic N) is 4. The zero-order chi connectivity index (χ0) is 22.1. The molecule has 32 heavy (non-hydrogen) atoms. The number of carbonyl (C=O) groups excluding carboxylic acids is 1. The number of hydrogen-bond donors (Lipinski definition) is 0. The van der Waals surface area contributed by atoms with Crippen molar-refractivity contribution in [1.82, 2.24) is 9.88 Å². The molecular weight excluding hydrogens is 420 g/mol. The van der Waals surface area contributed by atoms with Gasteiger partial charge in [0.1, 0.15) is 11.6 Å². The topological polar surface area (TPSA) is 48.9 Å². The average molecular weight is 451 g/mol. The third-order valence-electron chi connectivity index (χ3n) is 6.64. The van der Waals surface area contributed by atoms with Crippen LogP contribution in [0.1, 0.15) is 17.7 Å². The van der Waals surface area contributed by atoms with Gasteiger partial charge >= 0.3 is 0 Å². The van der Waals surface area contributed by atoms with E-state index in [0.29, 0.717) is 5.91 Å². The predicted octanol–water partition coefficient (Wildman–Crippen LogP) is 4.18. The van der Waals surface area contributed by atoms with Gasteiger partial charge in [0, 0.05) is 60.4 Å². The Kier molecular flexibility index (Phi) is 5.91. The minimum atomic E-state index is 0.0401. The molecule has 1 amide bonds. The van der Waals surface area contributed by atoms with Gasteiger partial charge in [0.25, 0.3) is 0 Å². The Labute approximate surface area is 193 Å². The van der Waals surface area contributed by atoms with E-state index in [1.165, 1.54) is 15.0 Å². The van der Waals surface area contributed by atoms with Crippen LogP contribution in [0, 0.1) is 12.8 Å². The Bertz CT molecular complexity index is 1110. The van der Waals surface area contributed by atoms with Crippen molar-refractivity contribution in [2.45, 2.75) is 19.8 Å². The summed E-state index contributed by atoms with van der Waals surface area (Å²) in [6.45, 7) is 7.03. The molecule has 1 aromatic carbocycles. The largest absolute Gasteiger partial charge is 0.495 e. The van der Waals surface area contributed by atoms with Gasteiger partial charge < -0.3 is 19.4 Å². The highest BCUT2D eigenvalue weighted by Crippen LogP contribution is 2.34. The van der Waals surface area contributed by atoms with Crippen molar-refractivity contribution in [3.63, 3.8) is 0 Å². The van der Waals surface area contributed by atoms with Crippen LogP contribution in [0.5, 0.6) is 5.75 Å². The van der Waals surface area contributed by atoms with Gasteiger partial charge in [0.2, 0.25) is 5.91 Å². The summed E-state index contributed by atoms with van der Waals surface area (Å²) in [6, 6.07) is 12.4. The molecule has 0 N–H and O–H groups in total. The van der Waals surface area contributed by atoms with Crippen molar-refractivity contribution in [3.8, 4) is 5.75 Å². The number of carbonyl (C=O) groups is 1. The van der Waals surface area contributed by atoms with Gasteiger partial charge in [-0.2, -0.15) is 0 Å². The Hall–Kier alpha value is -2.80. The van der Waals surface area contributed by atoms with Crippen molar-refractivity contribution in [2.24, 2.45) is 5.92 Å². The number of anilines is 2. The lowest BCUT2D eigenvalue weighted by molar-refractivity contribution is -0.136. The second-order valence-corrected chi connectivity index (χ2v) is 9.96. The average Bonchev–Trinajstić information content (AvgIpc) is 3.24. The van der Waals surface area contributed by atoms with Crippen LogP contribution in [0.2, 0.25) is 0 Å². The van der Waals surface area contributed by atoms with Crippen LogP contribution >= 0.6 is 11.3 Å². The van der Waals surface area contributed by atoms with Crippen molar-refractivity contribution in [1.29, 1.82) is 0 Å². The number of thiophene rings is 1. The van der Waals surface area contributed by atoms with Gasteiger partial charge in [-0.05, 0) is 44.0 Å². The molecule has 4 heterocycles. The maximum absolute atomic E-state index is 13.4. The van der Waals surface area contributed by atoms with Crippen molar-refractivity contribution >= 4 is 38.8 Å². The van der Waals surface area contributed by atoms with Gasteiger partial charge in [-0.25, -0.2) is 4.98 Å². The number of benzene rings is 1. The van der Waals surface area contributed by atoms with Gasteiger partial charge in [-0.15, -0.1) is 11.3 Å². The standard InChI is InChI=1S/C25H30N4O2S/c1-18-16-20-23(32-18)9-10-26-24(20)29-11-5-6-19(17-29)25(30)28-14-12-27(13-15-28)21-7-3-4-8-22(21)31-2/h3-4,7-10,16,19H,5-6,11-15,17H2,1-2H3/t19-/m1/s1. The Morgan fingerprint density at radius 2 is 1.91 bits per heavy atom. The lowest BCUT2D eigenvalue weighted by Crippen LogP contribution is -2.52. The van der Waals surface area contributed by atoms with E-state index in [1.54, 1.807) is 18.4 Å². The Morgan fingerprint density at radius 3 is 2.72 bits per heavy atom. The van der Waals surface area contributed by atoms with Crippen molar-refractivity contribution in [3.05, 3.63) is 47.5 Å². The molecule has 2 aliphatic heterocycles. The number of pyridine rings is 1. The summed E-state index contributed by atoms with van der Waals surface area (Å²) in [4.78, 5) is 26.1. The van der Waals surface area contributed by atoms with Gasteiger partial charge in [-0.3, -0.25) is 4.79 Å². The van der Waals surface area contributed by atoms with Gasteiger partial charge in [-0.1, -0.05) is 12.1 Å². The molecule has 0 unspecified atom stereocenters. The predicted molar refractivity (Wildman–Crippen MR) is 131 cm³/mol. The first-order valence-corrected chi connectivity index (χ1v) is 12.2. The van der Waals surface area contributed by atoms with Crippen LogP contribution in [-0.2, 0) is 4.79 Å². The molecule has 3 aromatic rings. The maximum atomic E-state index is 13.4. The van der Waals surface area contributed by atoms with E-state index in [0.717, 1.165) is 69.4 Å². The van der Waals surface area contributed by atoms with Gasteiger partial charge in [0.05, 0.1) is 18.7 Å². The quantitative estimate of drug-likeness (QED) is 0.597. The van der Waals surface area contributed by atoms with Crippen molar-refractivity contribution < 1.29 is 9.53 Å². The fourth-order valence-electron chi connectivity index (χ4n) is 5.02. The first-order chi connectivity index (χ1) is 15.6. The van der Waals surface area contributed by atoms with E-state index < -0.39 is 0 Å². The van der Waals surface area contributed by atoms with Crippen LogP contribution < -0.4 is 14.5 Å². The molecule has 2 aliphatic rings. The SMILES string of the molecule is COc1ccccc1N1CCN(C(=O)[C@@H]2CCCN(c3nccc4sc(C)cc34)C2)CC1. The highest BCUT2D eigenvalue weighted by Gasteiger charge is 2.32. The Morgan fingerprint density at radius 1 is 1.09 bits per heavy atom. The molecule has 0 saturated carbocycles. The molecule has 2 fully saturated rings. The molecule has 1 atom stereocenters. The molecule has 2 saturated heterocycles. The summed E-state index contributed by atoms with van der Waals surface area (Å²) >= 11 is 1.81.